The number of ether oxygens (including phenoxy) is 2. The van der Waals surface area contributed by atoms with Crippen LogP contribution in [0.25, 0.3) is 11.1 Å². The van der Waals surface area contributed by atoms with E-state index in [9.17, 15) is 0 Å². The Balaban J connectivity index is 2.22. The number of nitrogens with two attached hydrogens (primary N) is 2. The van der Waals surface area contributed by atoms with E-state index < -0.39 is 0 Å². The quantitative estimate of drug-likeness (QED) is 0.691. The van der Waals surface area contributed by atoms with Gasteiger partial charge < -0.3 is 20.9 Å². The Labute approximate surface area is 111 Å². The molecule has 2 aromatic rings. The normalized spacial score (nSPS) is 11.9. The molecule has 0 amide bonds. The molecule has 1 aliphatic carbocycles. The maximum atomic E-state index is 5.98. The summed E-state index contributed by atoms with van der Waals surface area (Å²) >= 11 is 0. The van der Waals surface area contributed by atoms with Crippen LogP contribution in [0, 0.1) is 0 Å². The third kappa shape index (κ3) is 1.60. The second-order valence-electron chi connectivity index (χ2n) is 4.64. The van der Waals surface area contributed by atoms with Crippen LogP contribution in [0.3, 0.4) is 0 Å². The number of nitrogen functional groups attached to an aromatic ring is 2. The van der Waals surface area contributed by atoms with E-state index in [1.165, 1.54) is 5.56 Å². The third-order valence-corrected chi connectivity index (χ3v) is 3.61. The molecule has 0 saturated carbocycles. The lowest BCUT2D eigenvalue weighted by molar-refractivity contribution is 0.413. The second-order valence-corrected chi connectivity index (χ2v) is 4.64. The van der Waals surface area contributed by atoms with Gasteiger partial charge in [-0.15, -0.1) is 0 Å². The van der Waals surface area contributed by atoms with Gasteiger partial charge in [0.25, 0.3) is 0 Å². The van der Waals surface area contributed by atoms with Crippen molar-refractivity contribution < 1.29 is 9.47 Å². The van der Waals surface area contributed by atoms with E-state index in [0.717, 1.165) is 28.9 Å². The van der Waals surface area contributed by atoms with E-state index in [0.29, 0.717) is 17.1 Å². The Morgan fingerprint density at radius 2 is 1.74 bits per heavy atom. The Morgan fingerprint density at radius 1 is 0.947 bits per heavy atom. The number of hydrogen-bond acceptors (Lipinski definition) is 4. The molecule has 0 radical (unpaired) electrons. The topological polar surface area (TPSA) is 70.5 Å². The number of anilines is 2. The van der Waals surface area contributed by atoms with Gasteiger partial charge in [-0.2, -0.15) is 0 Å². The summed E-state index contributed by atoms with van der Waals surface area (Å²) in [5.41, 5.74) is 17.8. The highest BCUT2D eigenvalue weighted by atomic mass is 16.5. The minimum absolute atomic E-state index is 0.643. The maximum Gasteiger partial charge on any atom is 0.145 e. The largest absolute Gasteiger partial charge is 0.495 e. The van der Waals surface area contributed by atoms with Crippen molar-refractivity contribution in [2.24, 2.45) is 0 Å². The standard InChI is InChI=1S/C15H16N2O2/c1-18-14-6-8-5-11-9(10(8)7-13(14)17)3-4-12(16)15(11)19-2/h3-4,6-7H,5,16-17H2,1-2H3. The fourth-order valence-electron chi connectivity index (χ4n) is 2.72. The van der Waals surface area contributed by atoms with E-state index in [2.05, 4.69) is 0 Å². The van der Waals surface area contributed by atoms with Crippen molar-refractivity contribution in [2.75, 3.05) is 25.7 Å². The predicted molar refractivity (Wildman–Crippen MR) is 76.6 cm³/mol. The van der Waals surface area contributed by atoms with E-state index in [1.54, 1.807) is 14.2 Å². The van der Waals surface area contributed by atoms with Crippen molar-refractivity contribution in [1.82, 2.24) is 0 Å². The lowest BCUT2D eigenvalue weighted by Gasteiger charge is -2.10. The van der Waals surface area contributed by atoms with Gasteiger partial charge in [0.15, 0.2) is 0 Å². The van der Waals surface area contributed by atoms with Crippen molar-refractivity contribution in [3.8, 4) is 22.6 Å². The second kappa shape index (κ2) is 4.09. The van der Waals surface area contributed by atoms with Gasteiger partial charge in [-0.1, -0.05) is 6.07 Å². The molecule has 0 unspecified atom stereocenters. The molecule has 4 N–H and O–H groups in total. The number of hydrogen-bond donors (Lipinski definition) is 2. The number of rotatable bonds is 2. The smallest absolute Gasteiger partial charge is 0.145 e. The van der Waals surface area contributed by atoms with Crippen LogP contribution < -0.4 is 20.9 Å². The van der Waals surface area contributed by atoms with Crippen LogP contribution in [0.5, 0.6) is 11.5 Å². The Morgan fingerprint density at radius 3 is 2.42 bits per heavy atom. The van der Waals surface area contributed by atoms with E-state index in [4.69, 9.17) is 20.9 Å². The molecule has 0 spiro atoms. The van der Waals surface area contributed by atoms with Crippen LogP contribution in [-0.4, -0.2) is 14.2 Å². The lowest BCUT2D eigenvalue weighted by Crippen LogP contribution is -1.96. The molecule has 0 aromatic heterocycles. The van der Waals surface area contributed by atoms with Crippen LogP contribution in [0.4, 0.5) is 11.4 Å². The fraction of sp³-hybridized carbons (Fsp3) is 0.200. The fourth-order valence-corrected chi connectivity index (χ4v) is 2.72. The monoisotopic (exact) mass is 256 g/mol. The molecule has 3 rings (SSSR count). The Hall–Kier alpha value is -2.36. The maximum absolute atomic E-state index is 5.98. The first-order valence-corrected chi connectivity index (χ1v) is 6.07. The average molecular weight is 256 g/mol. The van der Waals surface area contributed by atoms with Gasteiger partial charge in [0.2, 0.25) is 0 Å². The summed E-state index contributed by atoms with van der Waals surface area (Å²) in [4.78, 5) is 0. The summed E-state index contributed by atoms with van der Waals surface area (Å²) in [6, 6.07) is 7.83. The summed E-state index contributed by atoms with van der Waals surface area (Å²) in [6.07, 6.45) is 0.787. The van der Waals surface area contributed by atoms with Crippen LogP contribution in [0.1, 0.15) is 11.1 Å². The molecule has 0 saturated heterocycles. The highest BCUT2D eigenvalue weighted by Crippen LogP contribution is 2.46. The molecule has 0 bridgehead atoms. The molecule has 4 heteroatoms. The van der Waals surface area contributed by atoms with Crippen LogP contribution in [0.2, 0.25) is 0 Å². The summed E-state index contributed by atoms with van der Waals surface area (Å²) in [5.74, 6) is 1.46. The molecule has 4 nitrogen and oxygen atoms in total. The van der Waals surface area contributed by atoms with Crippen LogP contribution >= 0.6 is 0 Å². The van der Waals surface area contributed by atoms with Crippen molar-refractivity contribution in [3.05, 3.63) is 35.4 Å². The highest BCUT2D eigenvalue weighted by Gasteiger charge is 2.24. The van der Waals surface area contributed by atoms with E-state index in [-0.39, 0.29) is 0 Å². The molecule has 0 heterocycles. The Bertz CT molecular complexity index is 666. The number of benzene rings is 2. The first-order valence-electron chi connectivity index (χ1n) is 6.07. The Kier molecular flexibility index (Phi) is 2.52. The zero-order valence-corrected chi connectivity index (χ0v) is 11.0. The number of methoxy groups -OCH3 is 2. The third-order valence-electron chi connectivity index (χ3n) is 3.61. The van der Waals surface area contributed by atoms with Gasteiger partial charge in [-0.05, 0) is 34.9 Å². The first-order chi connectivity index (χ1) is 9.15. The molecular weight excluding hydrogens is 240 g/mol. The zero-order chi connectivity index (χ0) is 13.6. The molecule has 2 aromatic carbocycles. The SMILES string of the molecule is COc1cc2c(cc1N)-c1ccc(N)c(OC)c1C2. The minimum Gasteiger partial charge on any atom is -0.495 e. The van der Waals surface area contributed by atoms with Crippen LogP contribution in [-0.2, 0) is 6.42 Å². The molecule has 1 aliphatic rings. The molecule has 0 atom stereocenters. The summed E-state index contributed by atoms with van der Waals surface area (Å²) in [6.45, 7) is 0. The van der Waals surface area contributed by atoms with Crippen molar-refractivity contribution in [3.63, 3.8) is 0 Å². The van der Waals surface area contributed by atoms with Gasteiger partial charge in [-0.25, -0.2) is 0 Å². The molecule has 0 fully saturated rings. The molecule has 0 aliphatic heterocycles. The van der Waals surface area contributed by atoms with Gasteiger partial charge in [0.1, 0.15) is 11.5 Å². The lowest BCUT2D eigenvalue weighted by atomic mass is 10.0. The van der Waals surface area contributed by atoms with Gasteiger partial charge >= 0.3 is 0 Å². The molecular formula is C15H16N2O2. The first kappa shape index (κ1) is 11.7. The minimum atomic E-state index is 0.643. The van der Waals surface area contributed by atoms with Crippen molar-refractivity contribution >= 4 is 11.4 Å². The van der Waals surface area contributed by atoms with Gasteiger partial charge in [-0.3, -0.25) is 0 Å². The van der Waals surface area contributed by atoms with Crippen LogP contribution in [0.15, 0.2) is 24.3 Å². The number of fused-ring (bicyclic) bond motifs is 3. The highest BCUT2D eigenvalue weighted by molar-refractivity contribution is 5.85. The van der Waals surface area contributed by atoms with Gasteiger partial charge in [0, 0.05) is 12.0 Å². The van der Waals surface area contributed by atoms with Crippen molar-refractivity contribution in [1.29, 1.82) is 0 Å². The van der Waals surface area contributed by atoms with E-state index >= 15 is 0 Å². The van der Waals surface area contributed by atoms with Crippen molar-refractivity contribution in [2.45, 2.75) is 6.42 Å². The predicted octanol–water partition coefficient (Wildman–Crippen LogP) is 2.44. The summed E-state index contributed by atoms with van der Waals surface area (Å²) in [5, 5.41) is 0. The zero-order valence-electron chi connectivity index (χ0n) is 11.0. The summed E-state index contributed by atoms with van der Waals surface area (Å²) < 4.78 is 10.7. The average Bonchev–Trinajstić information content (AvgIpc) is 2.75. The molecule has 98 valence electrons. The van der Waals surface area contributed by atoms with Gasteiger partial charge in [0.05, 0.1) is 25.6 Å². The summed E-state index contributed by atoms with van der Waals surface area (Å²) in [7, 11) is 3.27. The van der Waals surface area contributed by atoms with E-state index in [1.807, 2.05) is 24.3 Å². The molecule has 19 heavy (non-hydrogen) atoms.